The fourth-order valence-corrected chi connectivity index (χ4v) is 6.34. The Morgan fingerprint density at radius 3 is 2.86 bits per heavy atom. The van der Waals surface area contributed by atoms with E-state index in [9.17, 15) is 9.90 Å². The van der Waals surface area contributed by atoms with Crippen molar-refractivity contribution in [1.82, 2.24) is 0 Å². The van der Waals surface area contributed by atoms with E-state index in [0.29, 0.717) is 42.3 Å². The molecule has 1 N–H and O–H groups in total. The van der Waals surface area contributed by atoms with Crippen LogP contribution in [0.4, 0.5) is 0 Å². The molecule has 2 fully saturated rings. The minimum absolute atomic E-state index is 0.222. The highest BCUT2D eigenvalue weighted by molar-refractivity contribution is 5.82. The van der Waals surface area contributed by atoms with Gasteiger partial charge in [-0.25, -0.2) is 0 Å². The highest BCUT2D eigenvalue weighted by atomic mass is 16.3. The van der Waals surface area contributed by atoms with Gasteiger partial charge >= 0.3 is 0 Å². The molecule has 4 rings (SSSR count). The van der Waals surface area contributed by atoms with Gasteiger partial charge in [-0.2, -0.15) is 0 Å². The molecule has 0 amide bonds. The van der Waals surface area contributed by atoms with Gasteiger partial charge in [0.2, 0.25) is 0 Å². The summed E-state index contributed by atoms with van der Waals surface area (Å²) in [5.74, 6) is 5.24. The summed E-state index contributed by atoms with van der Waals surface area (Å²) >= 11 is 0. The SMILES string of the molecule is C#C[C@@H]1CC[C@H]2[C@H]3[C@H](CC[C@]12C)C1=C(CC(=O)CC1)C[C@@H]3O. The summed E-state index contributed by atoms with van der Waals surface area (Å²) in [4.78, 5) is 11.8. The lowest BCUT2D eigenvalue weighted by molar-refractivity contribution is -0.119. The monoisotopic (exact) mass is 298 g/mol. The summed E-state index contributed by atoms with van der Waals surface area (Å²) in [5.41, 5.74) is 3.04. The summed E-state index contributed by atoms with van der Waals surface area (Å²) in [5, 5.41) is 10.9. The number of hydrogen-bond acceptors (Lipinski definition) is 2. The molecule has 118 valence electrons. The summed E-state index contributed by atoms with van der Waals surface area (Å²) < 4.78 is 0. The zero-order valence-corrected chi connectivity index (χ0v) is 13.5. The first kappa shape index (κ1) is 14.5. The number of aliphatic hydroxyl groups excluding tert-OH is 1. The van der Waals surface area contributed by atoms with Gasteiger partial charge in [-0.05, 0) is 61.7 Å². The Hall–Kier alpha value is -1.07. The van der Waals surface area contributed by atoms with Gasteiger partial charge < -0.3 is 5.11 Å². The van der Waals surface area contributed by atoms with Crippen LogP contribution in [0.25, 0.3) is 0 Å². The Bertz CT molecular complexity index is 581. The van der Waals surface area contributed by atoms with Crippen LogP contribution < -0.4 is 0 Å². The van der Waals surface area contributed by atoms with Crippen molar-refractivity contribution in [3.8, 4) is 12.3 Å². The molecule has 0 radical (unpaired) electrons. The maximum atomic E-state index is 11.8. The number of ketones is 1. The Kier molecular flexibility index (Phi) is 3.28. The predicted molar refractivity (Wildman–Crippen MR) is 85.9 cm³/mol. The summed E-state index contributed by atoms with van der Waals surface area (Å²) in [6.07, 6.45) is 13.2. The summed E-state index contributed by atoms with van der Waals surface area (Å²) in [6, 6.07) is 0. The number of fused-ring (bicyclic) bond motifs is 4. The smallest absolute Gasteiger partial charge is 0.137 e. The molecule has 0 aromatic carbocycles. The molecular weight excluding hydrogens is 272 g/mol. The van der Waals surface area contributed by atoms with Gasteiger partial charge in [-0.15, -0.1) is 12.3 Å². The zero-order valence-electron chi connectivity index (χ0n) is 13.5. The second-order valence-corrected chi connectivity index (χ2v) is 8.25. The van der Waals surface area contributed by atoms with Gasteiger partial charge in [0.1, 0.15) is 5.78 Å². The number of carbonyl (C=O) groups excluding carboxylic acids is 1. The van der Waals surface area contributed by atoms with E-state index in [0.717, 1.165) is 25.7 Å². The second-order valence-electron chi connectivity index (χ2n) is 8.25. The Labute approximate surface area is 133 Å². The van der Waals surface area contributed by atoms with Crippen LogP contribution in [-0.4, -0.2) is 17.0 Å². The molecule has 2 nitrogen and oxygen atoms in total. The van der Waals surface area contributed by atoms with E-state index < -0.39 is 0 Å². The van der Waals surface area contributed by atoms with Crippen LogP contribution in [0.15, 0.2) is 11.1 Å². The Balaban J connectivity index is 1.70. The molecule has 22 heavy (non-hydrogen) atoms. The van der Waals surface area contributed by atoms with Crippen molar-refractivity contribution in [3.05, 3.63) is 11.1 Å². The largest absolute Gasteiger partial charge is 0.392 e. The molecule has 0 aromatic heterocycles. The summed E-state index contributed by atoms with van der Waals surface area (Å²) in [7, 11) is 0. The number of rotatable bonds is 0. The Morgan fingerprint density at radius 1 is 1.27 bits per heavy atom. The standard InChI is InChI=1S/C20H26O2/c1-3-13-4-7-17-19-16(8-9-20(13,17)2)15-6-5-14(21)10-12(15)11-18(19)22/h1,13,16-19,22H,4-11H2,2H3/t13-,16-,17+,18+,19-,20-/m1/s1. The van der Waals surface area contributed by atoms with E-state index in [1.807, 2.05) is 0 Å². The quantitative estimate of drug-likeness (QED) is 0.549. The van der Waals surface area contributed by atoms with Crippen LogP contribution in [-0.2, 0) is 4.79 Å². The fraction of sp³-hybridized carbons (Fsp3) is 0.750. The fourth-order valence-electron chi connectivity index (χ4n) is 6.34. The van der Waals surface area contributed by atoms with E-state index in [1.54, 1.807) is 5.57 Å². The van der Waals surface area contributed by atoms with Crippen molar-refractivity contribution in [2.75, 3.05) is 0 Å². The molecular formula is C20H26O2. The lowest BCUT2D eigenvalue weighted by Gasteiger charge is -2.53. The van der Waals surface area contributed by atoms with Crippen molar-refractivity contribution in [2.24, 2.45) is 29.1 Å². The third-order valence-electron chi connectivity index (χ3n) is 7.42. The Morgan fingerprint density at radius 2 is 2.09 bits per heavy atom. The van der Waals surface area contributed by atoms with E-state index >= 15 is 0 Å². The molecule has 6 atom stereocenters. The minimum Gasteiger partial charge on any atom is -0.392 e. The molecule has 2 heteroatoms. The molecule has 4 aliphatic carbocycles. The molecule has 0 unspecified atom stereocenters. The first-order valence-corrected chi connectivity index (χ1v) is 8.91. The van der Waals surface area contributed by atoms with E-state index in [4.69, 9.17) is 6.42 Å². The average Bonchev–Trinajstić information content (AvgIpc) is 2.83. The molecule has 0 spiro atoms. The molecule has 2 saturated carbocycles. The number of aliphatic hydroxyl groups is 1. The van der Waals surface area contributed by atoms with Crippen molar-refractivity contribution >= 4 is 5.78 Å². The van der Waals surface area contributed by atoms with Gasteiger partial charge in [0, 0.05) is 18.8 Å². The van der Waals surface area contributed by atoms with Gasteiger partial charge in [0.15, 0.2) is 0 Å². The predicted octanol–water partition coefficient (Wildman–Crippen LogP) is 3.49. The lowest BCUT2D eigenvalue weighted by Crippen LogP contribution is -2.49. The van der Waals surface area contributed by atoms with E-state index in [-0.39, 0.29) is 11.5 Å². The topological polar surface area (TPSA) is 37.3 Å². The molecule has 0 aliphatic heterocycles. The van der Waals surface area contributed by atoms with E-state index in [2.05, 4.69) is 12.8 Å². The van der Waals surface area contributed by atoms with Crippen LogP contribution >= 0.6 is 0 Å². The van der Waals surface area contributed by atoms with Gasteiger partial charge in [-0.3, -0.25) is 4.79 Å². The van der Waals surface area contributed by atoms with Gasteiger partial charge in [0.25, 0.3) is 0 Å². The van der Waals surface area contributed by atoms with Crippen LogP contribution in [0.3, 0.4) is 0 Å². The molecule has 0 saturated heterocycles. The first-order valence-electron chi connectivity index (χ1n) is 8.91. The van der Waals surface area contributed by atoms with Crippen molar-refractivity contribution in [3.63, 3.8) is 0 Å². The number of allylic oxidation sites excluding steroid dienone is 1. The molecule has 4 aliphatic rings. The van der Waals surface area contributed by atoms with Crippen molar-refractivity contribution in [1.29, 1.82) is 0 Å². The second kappa shape index (κ2) is 4.96. The van der Waals surface area contributed by atoms with Crippen LogP contribution in [0.5, 0.6) is 0 Å². The zero-order chi connectivity index (χ0) is 15.5. The highest BCUT2D eigenvalue weighted by Crippen LogP contribution is 2.62. The number of hydrogen-bond donors (Lipinski definition) is 1. The molecule has 0 aromatic rings. The van der Waals surface area contributed by atoms with Crippen LogP contribution in [0.2, 0.25) is 0 Å². The summed E-state index contributed by atoms with van der Waals surface area (Å²) in [6.45, 7) is 2.37. The molecule has 0 heterocycles. The third kappa shape index (κ3) is 1.88. The number of terminal acetylenes is 1. The molecule has 0 bridgehead atoms. The highest BCUT2D eigenvalue weighted by Gasteiger charge is 2.56. The van der Waals surface area contributed by atoms with Crippen molar-refractivity contribution in [2.45, 2.75) is 64.4 Å². The lowest BCUT2D eigenvalue weighted by atomic mass is 9.52. The third-order valence-corrected chi connectivity index (χ3v) is 7.42. The first-order chi connectivity index (χ1) is 10.5. The number of Topliss-reactive ketones (excluding diaryl/α,β-unsaturated/α-hetero) is 1. The average molecular weight is 298 g/mol. The maximum Gasteiger partial charge on any atom is 0.137 e. The van der Waals surface area contributed by atoms with Crippen LogP contribution in [0, 0.1) is 41.4 Å². The number of carbonyl (C=O) groups is 1. The van der Waals surface area contributed by atoms with Crippen molar-refractivity contribution < 1.29 is 9.90 Å². The van der Waals surface area contributed by atoms with E-state index in [1.165, 1.54) is 18.4 Å². The maximum absolute atomic E-state index is 11.8. The normalized spacial score (nSPS) is 47.5. The minimum atomic E-state index is -0.268. The van der Waals surface area contributed by atoms with Gasteiger partial charge in [-0.1, -0.05) is 18.1 Å². The van der Waals surface area contributed by atoms with Gasteiger partial charge in [0.05, 0.1) is 6.10 Å². The van der Waals surface area contributed by atoms with Crippen LogP contribution in [0.1, 0.15) is 58.3 Å².